The van der Waals surface area contributed by atoms with Crippen molar-refractivity contribution in [2.45, 2.75) is 13.3 Å². The molecule has 0 radical (unpaired) electrons. The predicted molar refractivity (Wildman–Crippen MR) is 81.5 cm³/mol. The van der Waals surface area contributed by atoms with E-state index in [4.69, 9.17) is 17.3 Å². The molecule has 0 unspecified atom stereocenters. The Bertz CT molecular complexity index is 648. The molecule has 0 bridgehead atoms. The van der Waals surface area contributed by atoms with Gasteiger partial charge in [0.1, 0.15) is 6.20 Å². The highest BCUT2D eigenvalue weighted by Crippen LogP contribution is 2.08. The highest BCUT2D eigenvalue weighted by Gasteiger charge is 2.05. The van der Waals surface area contributed by atoms with Crippen LogP contribution in [0.2, 0.25) is 5.02 Å². The molecule has 0 spiro atoms. The van der Waals surface area contributed by atoms with Crippen LogP contribution in [0.15, 0.2) is 48.7 Å². The lowest BCUT2D eigenvalue weighted by Gasteiger charge is -1.99. The average Bonchev–Trinajstić information content (AvgIpc) is 2.48. The van der Waals surface area contributed by atoms with Crippen molar-refractivity contribution in [2.24, 2.45) is 0 Å². The minimum absolute atomic E-state index is 0.0699. The molecule has 2 aromatic rings. The third-order valence-electron chi connectivity index (χ3n) is 3.01. The Hall–Kier alpha value is -2.13. The minimum Gasteiger partial charge on any atom is -0.289 e. The third-order valence-corrected chi connectivity index (χ3v) is 3.23. The monoisotopic (exact) mass is 287 g/mol. The molecule has 0 aliphatic rings. The average molecular weight is 288 g/mol. The highest BCUT2D eigenvalue weighted by atomic mass is 35.5. The molecule has 0 aliphatic carbocycles. The van der Waals surface area contributed by atoms with Crippen molar-refractivity contribution in [3.8, 4) is 0 Å². The number of ketones is 1. The lowest BCUT2D eigenvalue weighted by molar-refractivity contribution is -0.552. The normalized spacial score (nSPS) is 10.9. The van der Waals surface area contributed by atoms with E-state index in [2.05, 4.69) is 6.92 Å². The molecule has 2 N–H and O–H groups in total. The van der Waals surface area contributed by atoms with Crippen LogP contribution in [0.3, 0.4) is 0 Å². The van der Waals surface area contributed by atoms with Crippen LogP contribution in [0.1, 0.15) is 22.8 Å². The van der Waals surface area contributed by atoms with Gasteiger partial charge >= 0.3 is 0 Å². The zero-order chi connectivity index (χ0) is 14.5. The fourth-order valence-corrected chi connectivity index (χ4v) is 1.95. The van der Waals surface area contributed by atoms with Gasteiger partial charge in [0.25, 0.3) is 5.82 Å². The number of carbonyl (C=O) groups is 1. The van der Waals surface area contributed by atoms with E-state index in [1.54, 1.807) is 29.1 Å². The van der Waals surface area contributed by atoms with Crippen LogP contribution in [0, 0.1) is 0 Å². The van der Waals surface area contributed by atoms with E-state index in [9.17, 15) is 4.79 Å². The van der Waals surface area contributed by atoms with Crippen molar-refractivity contribution in [1.29, 1.82) is 0 Å². The first-order chi connectivity index (χ1) is 9.60. The van der Waals surface area contributed by atoms with Gasteiger partial charge in [0, 0.05) is 17.7 Å². The summed E-state index contributed by atoms with van der Waals surface area (Å²) < 4.78 is 1.61. The van der Waals surface area contributed by atoms with Crippen LogP contribution in [0.4, 0.5) is 5.82 Å². The topological polar surface area (TPSA) is 47.0 Å². The minimum atomic E-state index is -0.0699. The molecule has 1 aromatic carbocycles. The maximum atomic E-state index is 12.0. The first kappa shape index (κ1) is 14.3. The highest BCUT2D eigenvalue weighted by molar-refractivity contribution is 6.30. The van der Waals surface area contributed by atoms with Gasteiger partial charge < -0.3 is 0 Å². The van der Waals surface area contributed by atoms with Gasteiger partial charge in [-0.05, 0) is 18.1 Å². The summed E-state index contributed by atoms with van der Waals surface area (Å²) in [5, 5.41) is 0.559. The van der Waals surface area contributed by atoms with Crippen LogP contribution < -0.4 is 10.3 Å². The lowest BCUT2D eigenvalue weighted by atomic mass is 10.1. The Morgan fingerprint density at radius 2 is 1.95 bits per heavy atom. The SMILES string of the molecule is CCc1ccc(C(=O)C=C[n+]2cc(Cl)ccc2N)cc1. The first-order valence-corrected chi connectivity index (χ1v) is 6.75. The number of aromatic nitrogens is 1. The number of allylic oxidation sites excluding steroid dienone is 1. The Balaban J connectivity index is 2.17. The van der Waals surface area contributed by atoms with E-state index < -0.39 is 0 Å². The molecule has 1 aromatic heterocycles. The largest absolute Gasteiger partial charge is 0.289 e. The molecule has 0 aliphatic heterocycles. The van der Waals surface area contributed by atoms with Crippen molar-refractivity contribution in [3.05, 3.63) is 64.8 Å². The quantitative estimate of drug-likeness (QED) is 0.533. The van der Waals surface area contributed by atoms with E-state index in [0.717, 1.165) is 6.42 Å². The molecule has 3 nitrogen and oxygen atoms in total. The van der Waals surface area contributed by atoms with Gasteiger partial charge in [0.15, 0.2) is 5.78 Å². The molecule has 0 saturated heterocycles. The second kappa shape index (κ2) is 6.35. The molecule has 0 fully saturated rings. The number of rotatable bonds is 4. The van der Waals surface area contributed by atoms with Gasteiger partial charge in [-0.3, -0.25) is 10.5 Å². The number of aryl methyl sites for hydroxylation is 1. The summed E-state index contributed by atoms with van der Waals surface area (Å²) in [6, 6.07) is 11.0. The number of carbonyl (C=O) groups excluding carboxylic acids is 1. The Labute approximate surface area is 123 Å². The summed E-state index contributed by atoms with van der Waals surface area (Å²) in [5.74, 6) is 0.444. The van der Waals surface area contributed by atoms with Crippen LogP contribution in [0.25, 0.3) is 6.20 Å². The summed E-state index contributed by atoms with van der Waals surface area (Å²) in [7, 11) is 0. The number of hydrogen-bond donors (Lipinski definition) is 1. The van der Waals surface area contributed by atoms with E-state index >= 15 is 0 Å². The predicted octanol–water partition coefficient (Wildman–Crippen LogP) is 3.13. The molecule has 20 heavy (non-hydrogen) atoms. The molecule has 0 amide bonds. The van der Waals surface area contributed by atoms with Gasteiger partial charge in [0.05, 0.1) is 11.2 Å². The van der Waals surface area contributed by atoms with E-state index in [1.807, 2.05) is 24.3 Å². The number of benzene rings is 1. The molecule has 0 atom stereocenters. The van der Waals surface area contributed by atoms with Crippen LogP contribution in [-0.2, 0) is 6.42 Å². The fraction of sp³-hybridized carbons (Fsp3) is 0.125. The summed E-state index contributed by atoms with van der Waals surface area (Å²) >= 11 is 5.89. The molecule has 2 rings (SSSR count). The number of nitrogens with two attached hydrogens (primary N) is 1. The zero-order valence-electron chi connectivity index (χ0n) is 11.2. The number of nitrogen functional groups attached to an aromatic ring is 1. The second-order valence-electron chi connectivity index (χ2n) is 4.41. The van der Waals surface area contributed by atoms with E-state index in [-0.39, 0.29) is 5.78 Å². The van der Waals surface area contributed by atoms with Crippen molar-refractivity contribution in [3.63, 3.8) is 0 Å². The van der Waals surface area contributed by atoms with Crippen molar-refractivity contribution >= 4 is 29.4 Å². The molecule has 102 valence electrons. The standard InChI is InChI=1S/C16H15ClN2O/c1-2-12-3-5-13(6-4-12)15(20)9-10-19-11-14(17)7-8-16(19)18/h3-11,18H,2H2,1H3/p+1. The Morgan fingerprint density at radius 3 is 2.60 bits per heavy atom. The van der Waals surface area contributed by atoms with E-state index in [1.165, 1.54) is 11.6 Å². The number of halogens is 1. The number of pyridine rings is 1. The summed E-state index contributed by atoms with van der Waals surface area (Å²) in [5.41, 5.74) is 7.65. The van der Waals surface area contributed by atoms with Crippen LogP contribution in [-0.4, -0.2) is 5.78 Å². The maximum Gasteiger partial charge on any atom is 0.277 e. The third kappa shape index (κ3) is 3.45. The summed E-state index contributed by atoms with van der Waals surface area (Å²) in [6.07, 6.45) is 5.70. The number of anilines is 1. The van der Waals surface area contributed by atoms with Gasteiger partial charge in [-0.15, -0.1) is 0 Å². The molecule has 0 saturated carbocycles. The summed E-state index contributed by atoms with van der Waals surface area (Å²) in [6.45, 7) is 2.08. The summed E-state index contributed by atoms with van der Waals surface area (Å²) in [4.78, 5) is 12.0. The van der Waals surface area contributed by atoms with Gasteiger partial charge in [0.2, 0.25) is 0 Å². The molecule has 4 heteroatoms. The Morgan fingerprint density at radius 1 is 1.25 bits per heavy atom. The van der Waals surface area contributed by atoms with Gasteiger partial charge in [-0.25, -0.2) is 4.57 Å². The van der Waals surface area contributed by atoms with E-state index in [0.29, 0.717) is 16.4 Å². The molecular formula is C16H16ClN2O+. The number of nitrogens with zero attached hydrogens (tertiary/aromatic N) is 1. The second-order valence-corrected chi connectivity index (χ2v) is 4.85. The molecular weight excluding hydrogens is 272 g/mol. The fourth-order valence-electron chi connectivity index (χ4n) is 1.78. The van der Waals surface area contributed by atoms with Gasteiger partial charge in [-0.2, -0.15) is 0 Å². The van der Waals surface area contributed by atoms with Crippen molar-refractivity contribution in [1.82, 2.24) is 0 Å². The van der Waals surface area contributed by atoms with Crippen molar-refractivity contribution in [2.75, 3.05) is 5.73 Å². The maximum absolute atomic E-state index is 12.0. The first-order valence-electron chi connectivity index (χ1n) is 6.38. The van der Waals surface area contributed by atoms with Crippen LogP contribution >= 0.6 is 11.6 Å². The lowest BCUT2D eigenvalue weighted by Crippen LogP contribution is -2.30. The van der Waals surface area contributed by atoms with Crippen LogP contribution in [0.5, 0.6) is 0 Å². The van der Waals surface area contributed by atoms with Gasteiger partial charge in [-0.1, -0.05) is 42.8 Å². The molecule has 1 heterocycles. The zero-order valence-corrected chi connectivity index (χ0v) is 12.0. The number of hydrogen-bond acceptors (Lipinski definition) is 2. The van der Waals surface area contributed by atoms with Crippen molar-refractivity contribution < 1.29 is 9.36 Å². The smallest absolute Gasteiger partial charge is 0.277 e. The Kier molecular flexibility index (Phi) is 4.53.